The lowest BCUT2D eigenvalue weighted by Gasteiger charge is -2.53. The van der Waals surface area contributed by atoms with E-state index in [1.807, 2.05) is 12.1 Å². The maximum Gasteiger partial charge on any atom is 0.412 e. The first-order chi connectivity index (χ1) is 14.8. The van der Waals surface area contributed by atoms with Crippen molar-refractivity contribution in [3.63, 3.8) is 0 Å². The minimum atomic E-state index is -4.85. The van der Waals surface area contributed by atoms with Crippen LogP contribution in [0.25, 0.3) is 0 Å². The van der Waals surface area contributed by atoms with E-state index < -0.39 is 47.8 Å². The number of carbonyl (C=O) groups excluding carboxylic acids is 1. The zero-order valence-electron chi connectivity index (χ0n) is 17.3. The van der Waals surface area contributed by atoms with Gasteiger partial charge in [-0.2, -0.15) is 26.3 Å². The van der Waals surface area contributed by atoms with Gasteiger partial charge in [-0.3, -0.25) is 4.79 Å². The molecule has 2 aliphatic rings. The van der Waals surface area contributed by atoms with Gasteiger partial charge in [0.1, 0.15) is 0 Å². The van der Waals surface area contributed by atoms with Gasteiger partial charge >= 0.3 is 12.4 Å². The Hall–Kier alpha value is -2.33. The Labute approximate surface area is 181 Å². The number of hydrogen-bond acceptors (Lipinski definition) is 3. The molecule has 1 aromatic carbocycles. The average molecular weight is 462 g/mol. The summed E-state index contributed by atoms with van der Waals surface area (Å²) in [5.41, 5.74) is 3.81. The Bertz CT molecular complexity index is 899. The summed E-state index contributed by atoms with van der Waals surface area (Å²) in [6.07, 6.45) is -8.82. The van der Waals surface area contributed by atoms with Crippen molar-refractivity contribution >= 4 is 5.91 Å². The highest BCUT2D eigenvalue weighted by molar-refractivity contribution is 5.87. The normalized spacial score (nSPS) is 28.4. The van der Waals surface area contributed by atoms with Crippen LogP contribution in [-0.4, -0.2) is 44.1 Å². The van der Waals surface area contributed by atoms with Crippen molar-refractivity contribution in [3.05, 3.63) is 59.2 Å². The maximum absolute atomic E-state index is 13.1. The molecule has 4 nitrogen and oxygen atoms in total. The van der Waals surface area contributed by atoms with Crippen LogP contribution in [0.5, 0.6) is 0 Å². The molecule has 1 saturated carbocycles. The molecule has 2 aliphatic carbocycles. The number of ether oxygens (including phenoxy) is 1. The molecule has 0 saturated heterocycles. The number of nitrogens with one attached hydrogen (secondary N) is 1. The van der Waals surface area contributed by atoms with Crippen molar-refractivity contribution in [2.24, 2.45) is 11.7 Å². The van der Waals surface area contributed by atoms with Gasteiger partial charge in [0.15, 0.2) is 0 Å². The summed E-state index contributed by atoms with van der Waals surface area (Å²) in [4.78, 5) is 12.1. The molecule has 176 valence electrons. The number of hydrogen-bond donors (Lipinski definition) is 2. The van der Waals surface area contributed by atoms with Gasteiger partial charge in [-0.25, -0.2) is 0 Å². The Morgan fingerprint density at radius 3 is 2.31 bits per heavy atom. The molecule has 3 rings (SSSR count). The summed E-state index contributed by atoms with van der Waals surface area (Å²) < 4.78 is 84.4. The largest absolute Gasteiger partial charge is 0.412 e. The third-order valence-corrected chi connectivity index (χ3v) is 6.02. The van der Waals surface area contributed by atoms with E-state index in [0.29, 0.717) is 0 Å². The van der Waals surface area contributed by atoms with E-state index >= 15 is 0 Å². The number of rotatable bonds is 6. The zero-order chi connectivity index (χ0) is 23.8. The second-order valence-electron chi connectivity index (χ2n) is 8.49. The van der Waals surface area contributed by atoms with Crippen LogP contribution in [0.3, 0.4) is 0 Å². The molecule has 10 heteroatoms. The van der Waals surface area contributed by atoms with Crippen LogP contribution in [0.15, 0.2) is 53.6 Å². The van der Waals surface area contributed by atoms with Crippen molar-refractivity contribution in [3.8, 4) is 0 Å². The summed E-state index contributed by atoms with van der Waals surface area (Å²) in [5.74, 6) is -2.57. The molecule has 1 amide bonds. The molecule has 32 heavy (non-hydrogen) atoms. The second-order valence-corrected chi connectivity index (χ2v) is 8.49. The van der Waals surface area contributed by atoms with E-state index in [0.717, 1.165) is 17.7 Å². The lowest BCUT2D eigenvalue weighted by atomic mass is 9.54. The monoisotopic (exact) mass is 462 g/mol. The summed E-state index contributed by atoms with van der Waals surface area (Å²) in [5, 5.41) is 2.51. The van der Waals surface area contributed by atoms with Crippen LogP contribution < -0.4 is 11.1 Å². The van der Waals surface area contributed by atoms with Crippen LogP contribution in [-0.2, 0) is 14.9 Å². The van der Waals surface area contributed by atoms with Crippen molar-refractivity contribution in [1.82, 2.24) is 5.32 Å². The molecule has 3 N–H and O–H groups in total. The molecular weight excluding hydrogens is 438 g/mol. The molecule has 1 atom stereocenters. The molecule has 0 heterocycles. The summed E-state index contributed by atoms with van der Waals surface area (Å²) in [6.45, 7) is -0.422. The fraction of sp³-hybridized carbons (Fsp3) is 0.500. The molecule has 0 spiro atoms. The molecule has 1 fully saturated rings. The second kappa shape index (κ2) is 8.55. The maximum atomic E-state index is 13.1. The van der Waals surface area contributed by atoms with E-state index in [1.54, 1.807) is 18.2 Å². The van der Waals surface area contributed by atoms with Gasteiger partial charge in [0, 0.05) is 18.0 Å². The van der Waals surface area contributed by atoms with Gasteiger partial charge in [-0.15, -0.1) is 0 Å². The average Bonchev–Trinajstić information content (AvgIpc) is 2.70. The standard InChI is InChI=1S/C22H24F6N2O2/c1-30-18(31)20(29)11-19(12-20,15-5-3-2-4-6-15)13-32-10-14-7-16(21(23,24)25)9-17(8-14)22(26,27)28/h2-8,16H,9-13,29H2,1H3,(H,30,31)/t16?,19-,20+. The van der Waals surface area contributed by atoms with E-state index in [9.17, 15) is 31.1 Å². The fourth-order valence-corrected chi connectivity index (χ4v) is 4.49. The summed E-state index contributed by atoms with van der Waals surface area (Å²) in [6, 6.07) is 9.05. The number of likely N-dealkylation sites (N-methyl/N-ethyl adjacent to an activating group) is 1. The van der Waals surface area contributed by atoms with Crippen molar-refractivity contribution in [1.29, 1.82) is 0 Å². The highest BCUT2D eigenvalue weighted by Crippen LogP contribution is 2.49. The quantitative estimate of drug-likeness (QED) is 0.624. The Balaban J connectivity index is 1.76. The van der Waals surface area contributed by atoms with Gasteiger partial charge in [0.2, 0.25) is 5.91 Å². The number of benzene rings is 1. The van der Waals surface area contributed by atoms with Gasteiger partial charge < -0.3 is 15.8 Å². The van der Waals surface area contributed by atoms with Crippen LogP contribution >= 0.6 is 0 Å². The van der Waals surface area contributed by atoms with Crippen LogP contribution in [0.2, 0.25) is 0 Å². The number of alkyl halides is 6. The van der Waals surface area contributed by atoms with E-state index in [1.165, 1.54) is 7.05 Å². The van der Waals surface area contributed by atoms with Crippen molar-refractivity contribution in [2.45, 2.75) is 42.6 Å². The Kier molecular flexibility index (Phi) is 6.50. The molecule has 1 unspecified atom stereocenters. The predicted molar refractivity (Wildman–Crippen MR) is 106 cm³/mol. The molecule has 1 aromatic rings. The number of amides is 1. The predicted octanol–water partition coefficient (Wildman–Crippen LogP) is 4.18. The molecular formula is C22H24F6N2O2. The minimum Gasteiger partial charge on any atom is -0.376 e. The van der Waals surface area contributed by atoms with Gasteiger partial charge in [0.25, 0.3) is 0 Å². The number of nitrogens with two attached hydrogens (primary N) is 1. The van der Waals surface area contributed by atoms with Crippen molar-refractivity contribution < 1.29 is 35.9 Å². The zero-order valence-corrected chi connectivity index (χ0v) is 17.3. The van der Waals surface area contributed by atoms with E-state index in [4.69, 9.17) is 10.5 Å². The first kappa shape index (κ1) is 24.3. The molecule has 0 bridgehead atoms. The number of allylic oxidation sites excluding steroid dienone is 2. The highest BCUT2D eigenvalue weighted by atomic mass is 19.4. The third kappa shape index (κ3) is 5.01. The van der Waals surface area contributed by atoms with Crippen LogP contribution in [0.1, 0.15) is 24.8 Å². The summed E-state index contributed by atoms with van der Waals surface area (Å²) in [7, 11) is 1.47. The minimum absolute atomic E-state index is 0.00380. The summed E-state index contributed by atoms with van der Waals surface area (Å²) >= 11 is 0. The SMILES string of the molecule is CNC(=O)[C@]1(N)C[C@@](COCC2=CC(C(F)(F)F)CC(C(F)(F)F)=C2)(c2ccccc2)C1. The topological polar surface area (TPSA) is 64.4 Å². The first-order valence-corrected chi connectivity index (χ1v) is 9.99. The smallest absolute Gasteiger partial charge is 0.376 e. The van der Waals surface area contributed by atoms with Gasteiger partial charge in [0.05, 0.1) is 24.7 Å². The van der Waals surface area contributed by atoms with E-state index in [2.05, 4.69) is 5.32 Å². The molecule has 0 aromatic heterocycles. The van der Waals surface area contributed by atoms with Gasteiger partial charge in [-0.05, 0) is 36.5 Å². The lowest BCUT2D eigenvalue weighted by Crippen LogP contribution is -2.68. The fourth-order valence-electron chi connectivity index (χ4n) is 4.49. The Morgan fingerprint density at radius 2 is 1.78 bits per heavy atom. The lowest BCUT2D eigenvalue weighted by molar-refractivity contribution is -0.166. The third-order valence-electron chi connectivity index (χ3n) is 6.02. The molecule has 0 radical (unpaired) electrons. The first-order valence-electron chi connectivity index (χ1n) is 9.99. The Morgan fingerprint density at radius 1 is 1.16 bits per heavy atom. The molecule has 0 aliphatic heterocycles. The number of halogens is 6. The van der Waals surface area contributed by atoms with Crippen molar-refractivity contribution in [2.75, 3.05) is 20.3 Å². The van der Waals surface area contributed by atoms with Gasteiger partial charge in [-0.1, -0.05) is 36.4 Å². The van der Waals surface area contributed by atoms with Crippen LogP contribution in [0.4, 0.5) is 26.3 Å². The highest BCUT2D eigenvalue weighted by Gasteiger charge is 2.57. The number of carbonyl (C=O) groups is 1. The van der Waals surface area contributed by atoms with E-state index in [-0.39, 0.29) is 30.9 Å². The van der Waals surface area contributed by atoms with Crippen LogP contribution in [0, 0.1) is 5.92 Å².